The molecule has 0 radical (unpaired) electrons. The zero-order valence-corrected chi connectivity index (χ0v) is 18.2. The Morgan fingerprint density at radius 1 is 1.13 bits per heavy atom. The summed E-state index contributed by atoms with van der Waals surface area (Å²) in [5, 5.41) is 9.40. The summed E-state index contributed by atoms with van der Waals surface area (Å²) in [6, 6.07) is 11.2. The van der Waals surface area contributed by atoms with Gasteiger partial charge in [-0.15, -0.1) is 0 Å². The Bertz CT molecular complexity index is 989. The van der Waals surface area contributed by atoms with Crippen molar-refractivity contribution in [2.24, 2.45) is 0 Å². The van der Waals surface area contributed by atoms with Crippen LogP contribution in [-0.4, -0.2) is 54.7 Å². The number of pyridine rings is 1. The zero-order chi connectivity index (χ0) is 21.3. The standard InChI is InChI=1S/C15H10ClN3O.C8H17NO/c1-20-14-6-12(11-4-2-10(7-17)3-5-11)15(16)19-9-18-8-13(14)19;1-10-8-7-9-5-3-2-4-6-9/h2-6,8-9H,1H3;2-8H2,1H3. The molecule has 1 saturated heterocycles. The fraction of sp³-hybridized carbons (Fsp3) is 0.391. The number of ether oxygens (including phenoxy) is 2. The molecular weight excluding hydrogens is 400 g/mol. The highest BCUT2D eigenvalue weighted by atomic mass is 35.5. The number of fused-ring (bicyclic) bond motifs is 1. The number of imidazole rings is 1. The summed E-state index contributed by atoms with van der Waals surface area (Å²) < 4.78 is 12.2. The second-order valence-corrected chi connectivity index (χ2v) is 7.51. The molecule has 0 N–H and O–H groups in total. The molecule has 0 amide bonds. The van der Waals surface area contributed by atoms with Gasteiger partial charge in [-0.1, -0.05) is 30.2 Å². The number of hydrogen-bond acceptors (Lipinski definition) is 5. The Hall–Kier alpha value is -2.59. The molecule has 0 aliphatic carbocycles. The Balaban J connectivity index is 0.000000216. The summed E-state index contributed by atoms with van der Waals surface area (Å²) in [5.74, 6) is 0.700. The molecule has 0 spiro atoms. The summed E-state index contributed by atoms with van der Waals surface area (Å²) in [6.45, 7) is 4.57. The van der Waals surface area contributed by atoms with Crippen LogP contribution in [0.25, 0.3) is 16.6 Å². The van der Waals surface area contributed by atoms with Crippen LogP contribution in [0.5, 0.6) is 5.75 Å². The topological polar surface area (TPSA) is 62.8 Å². The molecule has 3 aromatic rings. The zero-order valence-electron chi connectivity index (χ0n) is 17.5. The van der Waals surface area contributed by atoms with Crippen LogP contribution in [0, 0.1) is 11.3 Å². The molecule has 3 heterocycles. The first-order chi connectivity index (χ1) is 14.7. The van der Waals surface area contributed by atoms with Gasteiger partial charge in [0.2, 0.25) is 0 Å². The van der Waals surface area contributed by atoms with Crippen molar-refractivity contribution >= 4 is 17.1 Å². The lowest BCUT2D eigenvalue weighted by Gasteiger charge is -2.25. The summed E-state index contributed by atoms with van der Waals surface area (Å²) >= 11 is 6.42. The van der Waals surface area contributed by atoms with E-state index in [1.165, 1.54) is 32.4 Å². The maximum Gasteiger partial charge on any atom is 0.145 e. The second kappa shape index (κ2) is 11.0. The van der Waals surface area contributed by atoms with Crippen LogP contribution in [0.15, 0.2) is 42.9 Å². The van der Waals surface area contributed by atoms with E-state index < -0.39 is 0 Å². The minimum absolute atomic E-state index is 0.558. The maximum absolute atomic E-state index is 8.84. The quantitative estimate of drug-likeness (QED) is 0.555. The molecule has 7 heteroatoms. The molecule has 6 nitrogen and oxygen atoms in total. The van der Waals surface area contributed by atoms with Crippen molar-refractivity contribution in [3.05, 3.63) is 53.6 Å². The first-order valence-electron chi connectivity index (χ1n) is 10.1. The van der Waals surface area contributed by atoms with Crippen molar-refractivity contribution in [3.8, 4) is 22.9 Å². The van der Waals surface area contributed by atoms with Gasteiger partial charge in [-0.2, -0.15) is 5.26 Å². The van der Waals surface area contributed by atoms with Gasteiger partial charge < -0.3 is 14.4 Å². The number of methoxy groups -OCH3 is 2. The molecule has 0 saturated carbocycles. The third-order valence-corrected chi connectivity index (χ3v) is 5.59. The minimum atomic E-state index is 0.558. The van der Waals surface area contributed by atoms with Gasteiger partial charge in [0.05, 0.1) is 31.5 Å². The third kappa shape index (κ3) is 5.31. The number of benzene rings is 1. The van der Waals surface area contributed by atoms with Crippen LogP contribution >= 0.6 is 11.6 Å². The highest BCUT2D eigenvalue weighted by Crippen LogP contribution is 2.34. The third-order valence-electron chi connectivity index (χ3n) is 5.21. The van der Waals surface area contributed by atoms with Crippen LogP contribution in [0.1, 0.15) is 24.8 Å². The molecule has 158 valence electrons. The van der Waals surface area contributed by atoms with E-state index >= 15 is 0 Å². The molecule has 0 atom stereocenters. The van der Waals surface area contributed by atoms with Gasteiger partial charge in [0.25, 0.3) is 0 Å². The van der Waals surface area contributed by atoms with Crippen molar-refractivity contribution in [1.82, 2.24) is 14.3 Å². The van der Waals surface area contributed by atoms with Gasteiger partial charge in [0, 0.05) is 19.2 Å². The van der Waals surface area contributed by atoms with Gasteiger partial charge in [0.1, 0.15) is 22.7 Å². The van der Waals surface area contributed by atoms with E-state index in [9.17, 15) is 0 Å². The van der Waals surface area contributed by atoms with E-state index in [2.05, 4.69) is 16.0 Å². The molecule has 1 fully saturated rings. The summed E-state index contributed by atoms with van der Waals surface area (Å²) in [6.07, 6.45) is 7.53. The highest BCUT2D eigenvalue weighted by molar-refractivity contribution is 6.32. The van der Waals surface area contributed by atoms with Crippen LogP contribution in [0.3, 0.4) is 0 Å². The van der Waals surface area contributed by atoms with Crippen LogP contribution < -0.4 is 4.74 Å². The Labute approximate surface area is 182 Å². The first-order valence-corrected chi connectivity index (χ1v) is 10.5. The second-order valence-electron chi connectivity index (χ2n) is 7.15. The van der Waals surface area contributed by atoms with Crippen molar-refractivity contribution in [2.75, 3.05) is 40.5 Å². The Morgan fingerprint density at radius 2 is 1.87 bits per heavy atom. The van der Waals surface area contributed by atoms with Gasteiger partial charge in [-0.3, -0.25) is 4.40 Å². The monoisotopic (exact) mass is 426 g/mol. The molecule has 1 aliphatic heterocycles. The average Bonchev–Trinajstić information content (AvgIpc) is 3.30. The number of hydrogen-bond donors (Lipinski definition) is 0. The summed E-state index contributed by atoms with van der Waals surface area (Å²) in [4.78, 5) is 6.57. The number of nitrogens with zero attached hydrogens (tertiary/aromatic N) is 4. The predicted octanol–water partition coefficient (Wildman–Crippen LogP) is 4.65. The predicted molar refractivity (Wildman–Crippen MR) is 119 cm³/mol. The summed E-state index contributed by atoms with van der Waals surface area (Å²) in [7, 11) is 3.38. The summed E-state index contributed by atoms with van der Waals surface area (Å²) in [5.41, 5.74) is 3.18. The number of rotatable bonds is 5. The molecule has 30 heavy (non-hydrogen) atoms. The Kier molecular flexibility index (Phi) is 8.09. The SMILES string of the molecule is COCCN1CCCCC1.COc1cc(-c2ccc(C#N)cc2)c(Cl)n2cncc12. The normalized spacial score (nSPS) is 14.1. The van der Waals surface area contributed by atoms with E-state index in [1.54, 1.807) is 43.3 Å². The molecule has 0 unspecified atom stereocenters. The molecule has 1 aliphatic rings. The lowest BCUT2D eigenvalue weighted by molar-refractivity contribution is 0.135. The average molecular weight is 427 g/mol. The van der Waals surface area contributed by atoms with E-state index in [-0.39, 0.29) is 0 Å². The maximum atomic E-state index is 8.84. The van der Waals surface area contributed by atoms with E-state index in [0.29, 0.717) is 16.5 Å². The molecule has 0 bridgehead atoms. The van der Waals surface area contributed by atoms with Crippen LogP contribution in [-0.2, 0) is 4.74 Å². The van der Waals surface area contributed by atoms with Crippen molar-refractivity contribution in [2.45, 2.75) is 19.3 Å². The van der Waals surface area contributed by atoms with Gasteiger partial charge >= 0.3 is 0 Å². The number of nitriles is 1. The smallest absolute Gasteiger partial charge is 0.145 e. The molecular formula is C23H27ClN4O2. The number of likely N-dealkylation sites (tertiary alicyclic amines) is 1. The van der Waals surface area contributed by atoms with Crippen molar-refractivity contribution < 1.29 is 9.47 Å². The van der Waals surface area contributed by atoms with Gasteiger partial charge in [0.15, 0.2) is 0 Å². The first kappa shape index (κ1) is 22.1. The van der Waals surface area contributed by atoms with E-state index in [4.69, 9.17) is 26.3 Å². The van der Waals surface area contributed by atoms with Crippen LogP contribution in [0.4, 0.5) is 0 Å². The molecule has 1 aromatic carbocycles. The number of aromatic nitrogens is 2. The van der Waals surface area contributed by atoms with E-state index in [0.717, 1.165) is 29.8 Å². The fourth-order valence-corrected chi connectivity index (χ4v) is 3.82. The molecule has 4 rings (SSSR count). The van der Waals surface area contributed by atoms with Crippen molar-refractivity contribution in [3.63, 3.8) is 0 Å². The molecule has 2 aromatic heterocycles. The minimum Gasteiger partial charge on any atom is -0.494 e. The highest BCUT2D eigenvalue weighted by Gasteiger charge is 2.13. The van der Waals surface area contributed by atoms with Gasteiger partial charge in [-0.05, 0) is 49.7 Å². The Morgan fingerprint density at radius 3 is 2.50 bits per heavy atom. The number of piperidine rings is 1. The van der Waals surface area contributed by atoms with Gasteiger partial charge in [-0.25, -0.2) is 4.98 Å². The van der Waals surface area contributed by atoms with E-state index in [1.807, 2.05) is 18.2 Å². The lowest BCUT2D eigenvalue weighted by Crippen LogP contribution is -2.32. The van der Waals surface area contributed by atoms with Crippen molar-refractivity contribution in [1.29, 1.82) is 5.26 Å². The van der Waals surface area contributed by atoms with Crippen LogP contribution in [0.2, 0.25) is 5.15 Å². The lowest BCUT2D eigenvalue weighted by atomic mass is 10.1. The fourth-order valence-electron chi connectivity index (χ4n) is 3.52. The number of halogens is 1. The largest absolute Gasteiger partial charge is 0.494 e.